The molecule has 29 heavy (non-hydrogen) atoms. The third-order valence-corrected chi connectivity index (χ3v) is 5.00. The molecule has 0 aliphatic heterocycles. The quantitative estimate of drug-likeness (QED) is 0.724. The normalized spacial score (nSPS) is 14.0. The molecule has 0 heterocycles. The van der Waals surface area contributed by atoms with Gasteiger partial charge in [0.1, 0.15) is 0 Å². The monoisotopic (exact) mass is 393 g/mol. The highest BCUT2D eigenvalue weighted by Gasteiger charge is 2.33. The van der Waals surface area contributed by atoms with Gasteiger partial charge >= 0.3 is 0 Å². The Hall–Kier alpha value is -3.15. The van der Waals surface area contributed by atoms with Crippen LogP contribution in [0.4, 0.5) is 0 Å². The molecule has 3 rings (SSSR count). The van der Waals surface area contributed by atoms with Gasteiger partial charge in [-0.3, -0.25) is 14.4 Å². The summed E-state index contributed by atoms with van der Waals surface area (Å²) in [6, 6.07) is 16.3. The Bertz CT molecular complexity index is 861. The number of carbonyl (C=O) groups is 3. The number of nitrogens with zero attached hydrogens (tertiary/aromatic N) is 1. The topological polar surface area (TPSA) is 78.5 Å². The predicted molar refractivity (Wildman–Crippen MR) is 111 cm³/mol. The fourth-order valence-corrected chi connectivity index (χ4v) is 3.24. The zero-order chi connectivity index (χ0) is 20.8. The Morgan fingerprint density at radius 1 is 0.966 bits per heavy atom. The van der Waals surface area contributed by atoms with Gasteiger partial charge in [0.05, 0.1) is 0 Å². The van der Waals surface area contributed by atoms with E-state index in [1.54, 1.807) is 31.3 Å². The molecule has 1 fully saturated rings. The molecule has 0 aromatic heterocycles. The molecule has 1 aliphatic carbocycles. The van der Waals surface area contributed by atoms with Crippen LogP contribution in [0.25, 0.3) is 0 Å². The lowest BCUT2D eigenvalue weighted by Crippen LogP contribution is -2.40. The summed E-state index contributed by atoms with van der Waals surface area (Å²) in [6.45, 7) is 2.36. The van der Waals surface area contributed by atoms with Gasteiger partial charge in [0.25, 0.3) is 11.8 Å². The number of hydrogen-bond acceptors (Lipinski definition) is 3. The molecule has 0 saturated heterocycles. The van der Waals surface area contributed by atoms with Gasteiger partial charge < -0.3 is 15.5 Å². The zero-order valence-electron chi connectivity index (χ0n) is 16.9. The van der Waals surface area contributed by atoms with Crippen LogP contribution in [0.2, 0.25) is 0 Å². The first kappa shape index (κ1) is 20.6. The second-order valence-electron chi connectivity index (χ2n) is 7.47. The Morgan fingerprint density at radius 2 is 1.59 bits per heavy atom. The smallest absolute Gasteiger partial charge is 0.251 e. The molecule has 2 aromatic rings. The van der Waals surface area contributed by atoms with Crippen LogP contribution in [0.1, 0.15) is 52.5 Å². The summed E-state index contributed by atoms with van der Waals surface area (Å²) in [6.07, 6.45) is 2.27. The fourth-order valence-electron chi connectivity index (χ4n) is 3.24. The fraction of sp³-hybridized carbons (Fsp3) is 0.348. The maximum Gasteiger partial charge on any atom is 0.251 e. The molecule has 2 N–H and O–H groups in total. The third kappa shape index (κ3) is 5.67. The average molecular weight is 393 g/mol. The molecule has 1 unspecified atom stereocenters. The van der Waals surface area contributed by atoms with Crippen LogP contribution in [0.5, 0.6) is 0 Å². The SMILES string of the molecule is CNC(=O)c1ccc(CN(C(=O)CC(C)NC(=O)c2ccccc2)C2CC2)cc1. The number of benzene rings is 2. The molecule has 2 aromatic carbocycles. The van der Waals surface area contributed by atoms with Crippen molar-refractivity contribution in [1.82, 2.24) is 15.5 Å². The van der Waals surface area contributed by atoms with Gasteiger partial charge in [0.2, 0.25) is 5.91 Å². The van der Waals surface area contributed by atoms with E-state index >= 15 is 0 Å². The van der Waals surface area contributed by atoms with Gasteiger partial charge in [-0.05, 0) is 49.6 Å². The van der Waals surface area contributed by atoms with Crippen LogP contribution < -0.4 is 10.6 Å². The number of carbonyl (C=O) groups excluding carboxylic acids is 3. The minimum atomic E-state index is -0.257. The molecule has 3 amide bonds. The lowest BCUT2D eigenvalue weighted by molar-refractivity contribution is -0.132. The van der Waals surface area contributed by atoms with E-state index in [2.05, 4.69) is 10.6 Å². The number of nitrogens with one attached hydrogen (secondary N) is 2. The minimum Gasteiger partial charge on any atom is -0.355 e. The Labute approximate surface area is 171 Å². The molecule has 1 atom stereocenters. The Kier molecular flexibility index (Phi) is 6.65. The van der Waals surface area contributed by atoms with Crippen molar-refractivity contribution >= 4 is 17.7 Å². The van der Waals surface area contributed by atoms with Crippen LogP contribution in [0.3, 0.4) is 0 Å². The van der Waals surface area contributed by atoms with Crippen LogP contribution in [0.15, 0.2) is 54.6 Å². The first-order chi connectivity index (χ1) is 14.0. The summed E-state index contributed by atoms with van der Waals surface area (Å²) >= 11 is 0. The molecule has 1 saturated carbocycles. The van der Waals surface area contributed by atoms with Crippen molar-refractivity contribution in [2.24, 2.45) is 0 Å². The maximum absolute atomic E-state index is 12.9. The van der Waals surface area contributed by atoms with Crippen LogP contribution >= 0.6 is 0 Å². The van der Waals surface area contributed by atoms with Gasteiger partial charge in [-0.1, -0.05) is 30.3 Å². The summed E-state index contributed by atoms with van der Waals surface area (Å²) in [4.78, 5) is 38.7. The van der Waals surface area contributed by atoms with Crippen molar-refractivity contribution < 1.29 is 14.4 Å². The third-order valence-electron chi connectivity index (χ3n) is 5.00. The molecule has 6 nitrogen and oxygen atoms in total. The summed E-state index contributed by atoms with van der Waals surface area (Å²) in [5.41, 5.74) is 2.17. The summed E-state index contributed by atoms with van der Waals surface area (Å²) in [5.74, 6) is -0.271. The highest BCUT2D eigenvalue weighted by molar-refractivity contribution is 5.95. The molecule has 0 radical (unpaired) electrons. The summed E-state index contributed by atoms with van der Waals surface area (Å²) in [5, 5.41) is 5.50. The number of amides is 3. The van der Waals surface area contributed by atoms with Gasteiger partial charge in [0, 0.05) is 43.2 Å². The minimum absolute atomic E-state index is 0.0312. The summed E-state index contributed by atoms with van der Waals surface area (Å²) in [7, 11) is 1.60. The molecule has 6 heteroatoms. The molecule has 152 valence electrons. The highest BCUT2D eigenvalue weighted by atomic mass is 16.2. The lowest BCUT2D eigenvalue weighted by Gasteiger charge is -2.25. The van der Waals surface area contributed by atoms with Gasteiger partial charge in [0.15, 0.2) is 0 Å². The molecule has 0 bridgehead atoms. The lowest BCUT2D eigenvalue weighted by atomic mass is 10.1. The van der Waals surface area contributed by atoms with Crippen molar-refractivity contribution in [3.05, 3.63) is 71.3 Å². The van der Waals surface area contributed by atoms with E-state index in [1.165, 1.54) is 0 Å². The van der Waals surface area contributed by atoms with E-state index in [1.807, 2.05) is 42.2 Å². The van der Waals surface area contributed by atoms with Crippen molar-refractivity contribution in [2.75, 3.05) is 7.05 Å². The number of rotatable bonds is 8. The second kappa shape index (κ2) is 9.37. The molecule has 1 aliphatic rings. The number of hydrogen-bond donors (Lipinski definition) is 2. The van der Waals surface area contributed by atoms with Crippen LogP contribution in [0, 0.1) is 0 Å². The van der Waals surface area contributed by atoms with Gasteiger partial charge in [-0.15, -0.1) is 0 Å². The van der Waals surface area contributed by atoms with Crippen molar-refractivity contribution in [2.45, 2.75) is 44.8 Å². The van der Waals surface area contributed by atoms with Gasteiger partial charge in [-0.25, -0.2) is 0 Å². The Balaban J connectivity index is 1.58. The average Bonchev–Trinajstić information content (AvgIpc) is 3.57. The molecule has 0 spiro atoms. The van der Waals surface area contributed by atoms with Crippen LogP contribution in [-0.2, 0) is 11.3 Å². The second-order valence-corrected chi connectivity index (χ2v) is 7.47. The first-order valence-electron chi connectivity index (χ1n) is 9.94. The zero-order valence-corrected chi connectivity index (χ0v) is 16.9. The van der Waals surface area contributed by atoms with E-state index in [4.69, 9.17) is 0 Å². The molecular weight excluding hydrogens is 366 g/mol. The van der Waals surface area contributed by atoms with E-state index < -0.39 is 0 Å². The van der Waals surface area contributed by atoms with Crippen molar-refractivity contribution in [3.8, 4) is 0 Å². The largest absolute Gasteiger partial charge is 0.355 e. The van der Waals surface area contributed by atoms with E-state index in [0.717, 1.165) is 18.4 Å². The maximum atomic E-state index is 12.9. The van der Waals surface area contributed by atoms with Gasteiger partial charge in [-0.2, -0.15) is 0 Å². The van der Waals surface area contributed by atoms with Crippen LogP contribution in [-0.4, -0.2) is 41.8 Å². The van der Waals surface area contributed by atoms with Crippen molar-refractivity contribution in [1.29, 1.82) is 0 Å². The summed E-state index contributed by atoms with van der Waals surface area (Å²) < 4.78 is 0. The predicted octanol–water partition coefficient (Wildman–Crippen LogP) is 2.75. The highest BCUT2D eigenvalue weighted by Crippen LogP contribution is 2.29. The standard InChI is InChI=1S/C23H27N3O3/c1-16(25-23(29)18-6-4-3-5-7-18)14-21(27)26(20-12-13-20)15-17-8-10-19(11-9-17)22(28)24-2/h3-11,16,20H,12-15H2,1-2H3,(H,24,28)(H,25,29). The first-order valence-corrected chi connectivity index (χ1v) is 9.94. The van der Waals surface area contributed by atoms with E-state index in [9.17, 15) is 14.4 Å². The van der Waals surface area contributed by atoms with Crippen molar-refractivity contribution in [3.63, 3.8) is 0 Å². The van der Waals surface area contributed by atoms with E-state index in [0.29, 0.717) is 17.7 Å². The molecular formula is C23H27N3O3. The van der Waals surface area contributed by atoms with E-state index in [-0.39, 0.29) is 36.2 Å². The Morgan fingerprint density at radius 3 is 2.17 bits per heavy atom.